The molecule has 5 aromatic carbocycles. The number of carbonyl (C=O) groups is 4. The molecule has 0 amide bonds. The van der Waals surface area contributed by atoms with Crippen LogP contribution in [0.3, 0.4) is 0 Å². The fraction of sp³-hybridized carbons (Fsp3) is 0.298. The Balaban J connectivity index is 1.16. The SMILES string of the molecule is C=CC(=O)OCC(COc1ccc(C(=O)Oc2ccc(CCOC(=O)c3ccc(OC(C)(C)CC(C)(C)OC(=O)C=C)cc3)cc2C=NC(CCC)c2nc3c(ccc4ccccc43)s2)cc1)OC(O)C=C. The Morgan fingerprint density at radius 1 is 0.792 bits per heavy atom. The summed E-state index contributed by atoms with van der Waals surface area (Å²) in [5, 5.41) is 13.0. The summed E-state index contributed by atoms with van der Waals surface area (Å²) in [6.45, 7) is 19.6. The van der Waals surface area contributed by atoms with Gasteiger partial charge in [-0.1, -0.05) is 69.5 Å². The molecule has 6 rings (SSSR count). The molecule has 0 fully saturated rings. The lowest BCUT2D eigenvalue weighted by Gasteiger charge is -2.34. The molecule has 6 aromatic rings. The maximum Gasteiger partial charge on any atom is 0.343 e. The second-order valence-corrected chi connectivity index (χ2v) is 19.0. The zero-order valence-corrected chi connectivity index (χ0v) is 42.0. The van der Waals surface area contributed by atoms with Crippen molar-refractivity contribution in [2.24, 2.45) is 4.99 Å². The third-order valence-electron chi connectivity index (χ3n) is 11.0. The zero-order chi connectivity index (χ0) is 51.8. The van der Waals surface area contributed by atoms with Crippen LogP contribution in [0.15, 0.2) is 146 Å². The van der Waals surface area contributed by atoms with Gasteiger partial charge in [0, 0.05) is 42.2 Å². The lowest BCUT2D eigenvalue weighted by Crippen LogP contribution is -2.40. The molecule has 0 saturated heterocycles. The number of aromatic nitrogens is 1. The molecule has 14 nitrogen and oxygen atoms in total. The first-order valence-corrected chi connectivity index (χ1v) is 24.3. The molecule has 3 atom stereocenters. The average Bonchev–Trinajstić information content (AvgIpc) is 3.81. The quantitative estimate of drug-likeness (QED) is 0.0103. The van der Waals surface area contributed by atoms with Crippen molar-refractivity contribution in [1.29, 1.82) is 0 Å². The second kappa shape index (κ2) is 25.1. The summed E-state index contributed by atoms with van der Waals surface area (Å²) in [6, 6.07) is 30.3. The minimum absolute atomic E-state index is 0.0621. The van der Waals surface area contributed by atoms with E-state index >= 15 is 0 Å². The minimum atomic E-state index is -1.31. The number of aliphatic hydroxyl groups is 1. The number of benzene rings is 5. The molecule has 3 unspecified atom stereocenters. The van der Waals surface area contributed by atoms with E-state index in [1.54, 1.807) is 92.1 Å². The van der Waals surface area contributed by atoms with Crippen LogP contribution in [0.4, 0.5) is 0 Å². The Morgan fingerprint density at radius 2 is 1.49 bits per heavy atom. The Labute approximate surface area is 423 Å². The molecule has 0 aliphatic heterocycles. The van der Waals surface area contributed by atoms with Crippen molar-refractivity contribution < 1.29 is 57.4 Å². The van der Waals surface area contributed by atoms with Crippen molar-refractivity contribution in [1.82, 2.24) is 4.98 Å². The van der Waals surface area contributed by atoms with Crippen LogP contribution in [0.5, 0.6) is 17.2 Å². The predicted octanol–water partition coefficient (Wildman–Crippen LogP) is 11.1. The molecule has 1 N–H and O–H groups in total. The van der Waals surface area contributed by atoms with Crippen molar-refractivity contribution in [2.45, 2.75) is 89.9 Å². The van der Waals surface area contributed by atoms with Gasteiger partial charge in [0.25, 0.3) is 0 Å². The van der Waals surface area contributed by atoms with Crippen LogP contribution in [0.25, 0.3) is 21.0 Å². The number of fused-ring (bicyclic) bond motifs is 3. The van der Waals surface area contributed by atoms with E-state index in [1.165, 1.54) is 6.08 Å². The minimum Gasteiger partial charge on any atom is -0.491 e. The predicted molar refractivity (Wildman–Crippen MR) is 278 cm³/mol. The van der Waals surface area contributed by atoms with Crippen molar-refractivity contribution in [3.8, 4) is 17.2 Å². The van der Waals surface area contributed by atoms with Gasteiger partial charge in [-0.05, 0) is 118 Å². The lowest BCUT2D eigenvalue weighted by molar-refractivity contribution is -0.156. The molecule has 1 aromatic heterocycles. The number of thiazole rings is 1. The number of hydrogen-bond acceptors (Lipinski definition) is 15. The van der Waals surface area contributed by atoms with E-state index < -0.39 is 47.5 Å². The molecule has 0 saturated carbocycles. The van der Waals surface area contributed by atoms with Crippen molar-refractivity contribution in [3.05, 3.63) is 168 Å². The number of aliphatic imine (C=N–C) groups is 1. The third kappa shape index (κ3) is 15.5. The highest BCUT2D eigenvalue weighted by Gasteiger charge is 2.33. The van der Waals surface area contributed by atoms with Crippen molar-refractivity contribution in [3.63, 3.8) is 0 Å². The summed E-state index contributed by atoms with van der Waals surface area (Å²) in [5.41, 5.74) is 1.33. The number of rotatable bonds is 26. The Bertz CT molecular complexity index is 2900. The fourth-order valence-corrected chi connectivity index (χ4v) is 8.92. The largest absolute Gasteiger partial charge is 0.491 e. The lowest BCUT2D eigenvalue weighted by atomic mass is 9.92. The van der Waals surface area contributed by atoms with Gasteiger partial charge in [0.05, 0.1) is 28.0 Å². The molecule has 0 aliphatic carbocycles. The highest BCUT2D eigenvalue weighted by atomic mass is 32.1. The number of carbonyl (C=O) groups excluding carboxylic acids is 4. The monoisotopic (exact) mass is 996 g/mol. The molecule has 0 radical (unpaired) electrons. The molecule has 72 heavy (non-hydrogen) atoms. The molecule has 1 heterocycles. The number of hydrogen-bond donors (Lipinski definition) is 1. The van der Waals surface area contributed by atoms with Gasteiger partial charge >= 0.3 is 23.9 Å². The Hall–Kier alpha value is -7.46. The van der Waals surface area contributed by atoms with Gasteiger partial charge in [-0.3, -0.25) is 4.99 Å². The van der Waals surface area contributed by atoms with Crippen LogP contribution >= 0.6 is 11.3 Å². The summed E-state index contributed by atoms with van der Waals surface area (Å²) >= 11 is 1.60. The number of esters is 4. The van der Waals surface area contributed by atoms with E-state index in [9.17, 15) is 24.3 Å². The van der Waals surface area contributed by atoms with Gasteiger partial charge in [0.15, 0.2) is 6.29 Å². The summed E-state index contributed by atoms with van der Waals surface area (Å²) in [7, 11) is 0. The van der Waals surface area contributed by atoms with Gasteiger partial charge in [0.1, 0.15) is 58.8 Å². The highest BCUT2D eigenvalue weighted by molar-refractivity contribution is 7.18. The summed E-state index contributed by atoms with van der Waals surface area (Å²) in [5.74, 6) is -1.15. The topological polar surface area (TPSA) is 178 Å². The van der Waals surface area contributed by atoms with Gasteiger partial charge in [-0.25, -0.2) is 24.2 Å². The number of aliphatic hydroxyl groups excluding tert-OH is 1. The van der Waals surface area contributed by atoms with E-state index in [4.69, 9.17) is 43.1 Å². The first kappa shape index (κ1) is 53.9. The standard InChI is InChI=1S/C57H60N2O12S/c1-9-15-46(53-59-52-45-17-14-13-16-38(45)23-29-48(52)72-53)58-33-41-32-37(30-31-65-54(63)39-21-26-43(27-22-39)70-56(5,6)36-57(7,8)71-51(62)12-4)18-28-47(41)69-55(64)40-19-24-42(25-20-40)66-34-44(68-50(61)11-3)35-67-49(60)10-2/h10-14,16-29,32-33,44,46,50,61H,2-4,9,15,30-31,34-36H2,1,5-8H3. The average molecular weight is 997 g/mol. The smallest absolute Gasteiger partial charge is 0.343 e. The van der Waals surface area contributed by atoms with Crippen LogP contribution in [-0.4, -0.2) is 83.6 Å². The first-order valence-electron chi connectivity index (χ1n) is 23.4. The molecule has 0 bridgehead atoms. The van der Waals surface area contributed by atoms with Gasteiger partial charge in [0.2, 0.25) is 0 Å². The van der Waals surface area contributed by atoms with Crippen molar-refractivity contribution in [2.75, 3.05) is 19.8 Å². The normalized spacial score (nSPS) is 12.9. The Morgan fingerprint density at radius 3 is 2.18 bits per heavy atom. The summed E-state index contributed by atoms with van der Waals surface area (Å²) in [4.78, 5) is 60.5. The zero-order valence-electron chi connectivity index (χ0n) is 41.2. The first-order chi connectivity index (χ1) is 34.5. The van der Waals surface area contributed by atoms with E-state index in [1.807, 2.05) is 32.0 Å². The summed E-state index contributed by atoms with van der Waals surface area (Å²) < 4.78 is 40.8. The summed E-state index contributed by atoms with van der Waals surface area (Å²) in [6.07, 6.45) is 5.18. The number of ether oxygens (including phenoxy) is 7. The maximum atomic E-state index is 13.7. The number of nitrogens with zero attached hydrogens (tertiary/aromatic N) is 2. The van der Waals surface area contributed by atoms with Crippen LogP contribution < -0.4 is 14.2 Å². The van der Waals surface area contributed by atoms with Crippen LogP contribution in [-0.2, 0) is 35.0 Å². The second-order valence-electron chi connectivity index (χ2n) is 17.9. The van der Waals surface area contributed by atoms with E-state index in [0.29, 0.717) is 35.5 Å². The third-order valence-corrected chi connectivity index (χ3v) is 12.1. The van der Waals surface area contributed by atoms with E-state index in [0.717, 1.165) is 56.6 Å². The fourth-order valence-electron chi connectivity index (χ4n) is 7.86. The molecule has 0 aliphatic rings. The molecular formula is C57H60N2O12S. The molecule has 376 valence electrons. The van der Waals surface area contributed by atoms with Gasteiger partial charge < -0.3 is 38.3 Å². The van der Waals surface area contributed by atoms with Crippen molar-refractivity contribution >= 4 is 62.4 Å². The van der Waals surface area contributed by atoms with Crippen LogP contribution in [0, 0.1) is 0 Å². The molecular weight excluding hydrogens is 937 g/mol. The molecule has 0 spiro atoms. The van der Waals surface area contributed by atoms with E-state index in [-0.39, 0.29) is 37.2 Å². The van der Waals surface area contributed by atoms with Gasteiger partial charge in [-0.2, -0.15) is 0 Å². The van der Waals surface area contributed by atoms with E-state index in [2.05, 4.69) is 50.9 Å². The highest BCUT2D eigenvalue weighted by Crippen LogP contribution is 2.35. The van der Waals surface area contributed by atoms with Gasteiger partial charge in [-0.15, -0.1) is 11.3 Å². The van der Waals surface area contributed by atoms with Crippen LogP contribution in [0.1, 0.15) is 96.8 Å². The maximum absolute atomic E-state index is 13.7. The van der Waals surface area contributed by atoms with Crippen LogP contribution in [0.2, 0.25) is 0 Å². The molecule has 15 heteroatoms. The Kier molecular flexibility index (Phi) is 18.8.